The monoisotopic (exact) mass is 380 g/mol. The number of benzene rings is 2. The molecule has 0 radical (unpaired) electrons. The Hall–Kier alpha value is -3.20. The van der Waals surface area contributed by atoms with Crippen molar-refractivity contribution in [2.45, 2.75) is 26.3 Å². The third kappa shape index (κ3) is 4.74. The van der Waals surface area contributed by atoms with E-state index < -0.39 is 0 Å². The van der Waals surface area contributed by atoms with Gasteiger partial charge in [0.25, 0.3) is 5.91 Å². The average Bonchev–Trinajstić information content (AvgIpc) is 2.95. The first-order valence-electron chi connectivity index (χ1n) is 9.39. The van der Waals surface area contributed by atoms with Crippen LogP contribution in [0.3, 0.4) is 0 Å². The van der Waals surface area contributed by atoms with Crippen LogP contribution in [0.5, 0.6) is 17.2 Å². The lowest BCUT2D eigenvalue weighted by Crippen LogP contribution is -2.35. The first-order chi connectivity index (χ1) is 13.6. The van der Waals surface area contributed by atoms with Crippen molar-refractivity contribution >= 4 is 5.91 Å². The topological polar surface area (TPSA) is 80.6 Å². The minimum atomic E-state index is -0.251. The van der Waals surface area contributed by atoms with E-state index in [4.69, 9.17) is 19.5 Å². The molecule has 0 spiro atoms. The fourth-order valence-corrected chi connectivity index (χ4v) is 3.05. The average molecular weight is 380 g/mol. The van der Waals surface area contributed by atoms with Crippen LogP contribution in [0.4, 0.5) is 0 Å². The fraction of sp³-hybridized carbons (Fsp3) is 0.364. The van der Waals surface area contributed by atoms with Gasteiger partial charge in [-0.15, -0.1) is 0 Å². The van der Waals surface area contributed by atoms with Crippen LogP contribution in [0.25, 0.3) is 0 Å². The minimum absolute atomic E-state index is 0.160. The van der Waals surface area contributed by atoms with Crippen LogP contribution in [0.1, 0.15) is 37.4 Å². The lowest BCUT2D eigenvalue weighted by atomic mass is 9.95. The van der Waals surface area contributed by atoms with Crippen molar-refractivity contribution in [3.8, 4) is 23.3 Å². The molecule has 28 heavy (non-hydrogen) atoms. The smallest absolute Gasteiger partial charge is 0.258 e. The van der Waals surface area contributed by atoms with Crippen LogP contribution < -0.4 is 19.5 Å². The maximum absolute atomic E-state index is 12.5. The highest BCUT2D eigenvalue weighted by atomic mass is 16.5. The van der Waals surface area contributed by atoms with Gasteiger partial charge in [0.05, 0.1) is 24.8 Å². The van der Waals surface area contributed by atoms with Crippen LogP contribution in [-0.2, 0) is 4.79 Å². The van der Waals surface area contributed by atoms with Gasteiger partial charge in [0.1, 0.15) is 11.8 Å². The van der Waals surface area contributed by atoms with Gasteiger partial charge >= 0.3 is 0 Å². The summed E-state index contributed by atoms with van der Waals surface area (Å²) < 4.78 is 17.0. The van der Waals surface area contributed by atoms with Gasteiger partial charge in [-0.25, -0.2) is 0 Å². The van der Waals surface area contributed by atoms with Crippen molar-refractivity contribution in [1.82, 2.24) is 5.32 Å². The van der Waals surface area contributed by atoms with Gasteiger partial charge in [-0.05, 0) is 35.7 Å². The fourth-order valence-electron chi connectivity index (χ4n) is 3.05. The van der Waals surface area contributed by atoms with E-state index in [1.165, 1.54) is 0 Å². The molecule has 0 aliphatic carbocycles. The molecule has 3 rings (SSSR count). The van der Waals surface area contributed by atoms with E-state index in [1.54, 1.807) is 24.3 Å². The Morgan fingerprint density at radius 1 is 1.18 bits per heavy atom. The summed E-state index contributed by atoms with van der Waals surface area (Å²) in [5.41, 5.74) is 1.35. The first-order valence-corrected chi connectivity index (χ1v) is 9.39. The molecule has 0 saturated carbocycles. The summed E-state index contributed by atoms with van der Waals surface area (Å²) in [4.78, 5) is 12.5. The maximum atomic E-state index is 12.5. The second-order valence-corrected chi connectivity index (χ2v) is 6.94. The number of fused-ring (bicyclic) bond motifs is 1. The quantitative estimate of drug-likeness (QED) is 0.828. The Labute approximate surface area is 165 Å². The number of nitriles is 1. The SMILES string of the molecule is CC(C)C(NC(=O)COc1ccccc1C#N)c1ccc2c(c1)OCCCO2. The number of hydrogen-bond donors (Lipinski definition) is 1. The molecule has 0 saturated heterocycles. The molecule has 1 aliphatic heterocycles. The highest BCUT2D eigenvalue weighted by Gasteiger charge is 2.21. The number of nitrogens with one attached hydrogen (secondary N) is 1. The predicted molar refractivity (Wildman–Crippen MR) is 104 cm³/mol. The number of para-hydroxylation sites is 1. The molecule has 146 valence electrons. The molecule has 0 bridgehead atoms. The summed E-state index contributed by atoms with van der Waals surface area (Å²) in [7, 11) is 0. The van der Waals surface area contributed by atoms with Crippen LogP contribution in [0, 0.1) is 17.2 Å². The van der Waals surface area contributed by atoms with Gasteiger partial charge in [-0.3, -0.25) is 4.79 Å². The molecule has 2 aromatic rings. The number of carbonyl (C=O) groups excluding carboxylic acids is 1. The van der Waals surface area contributed by atoms with Crippen molar-refractivity contribution < 1.29 is 19.0 Å². The van der Waals surface area contributed by atoms with Crippen LogP contribution in [-0.4, -0.2) is 25.7 Å². The molecule has 2 aromatic carbocycles. The van der Waals surface area contributed by atoms with Gasteiger partial charge < -0.3 is 19.5 Å². The Bertz CT molecular complexity index is 873. The number of amides is 1. The molecule has 1 amide bonds. The van der Waals surface area contributed by atoms with Gasteiger partial charge in [-0.1, -0.05) is 32.0 Å². The Morgan fingerprint density at radius 3 is 2.68 bits per heavy atom. The van der Waals surface area contributed by atoms with Crippen molar-refractivity contribution in [2.75, 3.05) is 19.8 Å². The number of ether oxygens (including phenoxy) is 3. The highest BCUT2D eigenvalue weighted by Crippen LogP contribution is 2.34. The Balaban J connectivity index is 1.68. The molecule has 1 N–H and O–H groups in total. The van der Waals surface area contributed by atoms with Crippen molar-refractivity contribution in [3.05, 3.63) is 53.6 Å². The van der Waals surface area contributed by atoms with Gasteiger partial charge in [0, 0.05) is 6.42 Å². The van der Waals surface area contributed by atoms with Crippen molar-refractivity contribution in [3.63, 3.8) is 0 Å². The van der Waals surface area contributed by atoms with Crippen LogP contribution in [0.2, 0.25) is 0 Å². The third-order valence-electron chi connectivity index (χ3n) is 4.48. The summed E-state index contributed by atoms with van der Waals surface area (Å²) in [5, 5.41) is 12.1. The van der Waals surface area contributed by atoms with E-state index in [9.17, 15) is 4.79 Å². The molecule has 1 heterocycles. The number of nitrogens with zero attached hydrogens (tertiary/aromatic N) is 1. The summed E-state index contributed by atoms with van der Waals surface area (Å²) in [6.07, 6.45) is 0.843. The number of rotatable bonds is 6. The third-order valence-corrected chi connectivity index (χ3v) is 4.48. The van der Waals surface area contributed by atoms with E-state index in [0.717, 1.165) is 17.7 Å². The first kappa shape index (κ1) is 19.6. The second kappa shape index (κ2) is 9.14. The zero-order valence-electron chi connectivity index (χ0n) is 16.1. The van der Waals surface area contributed by atoms with Gasteiger partial charge in [0.2, 0.25) is 0 Å². The van der Waals surface area contributed by atoms with E-state index in [0.29, 0.717) is 30.3 Å². The summed E-state index contributed by atoms with van der Waals surface area (Å²) in [5.74, 6) is 1.75. The lowest BCUT2D eigenvalue weighted by Gasteiger charge is -2.24. The standard InChI is InChI=1S/C22H24N2O4/c1-15(2)22(16-8-9-19-20(12-16)27-11-5-10-26-19)24-21(25)14-28-18-7-4-3-6-17(18)13-23/h3-4,6-9,12,15,22H,5,10-11,14H2,1-2H3,(H,24,25). The number of carbonyl (C=O) groups is 1. The van der Waals surface area contributed by atoms with Crippen LogP contribution >= 0.6 is 0 Å². The van der Waals surface area contributed by atoms with E-state index in [2.05, 4.69) is 11.4 Å². The molecule has 0 fully saturated rings. The molecular formula is C22H24N2O4. The second-order valence-electron chi connectivity index (χ2n) is 6.94. The van der Waals surface area contributed by atoms with Crippen LogP contribution in [0.15, 0.2) is 42.5 Å². The van der Waals surface area contributed by atoms with E-state index in [-0.39, 0.29) is 24.5 Å². The van der Waals surface area contributed by atoms with Gasteiger partial charge in [-0.2, -0.15) is 5.26 Å². The molecule has 1 aliphatic rings. The molecule has 1 unspecified atom stereocenters. The highest BCUT2D eigenvalue weighted by molar-refractivity contribution is 5.78. The van der Waals surface area contributed by atoms with Gasteiger partial charge in [0.15, 0.2) is 18.1 Å². The largest absolute Gasteiger partial charge is 0.490 e. The number of hydrogen-bond acceptors (Lipinski definition) is 5. The predicted octanol–water partition coefficient (Wildman–Crippen LogP) is 3.61. The molecular weight excluding hydrogens is 356 g/mol. The normalized spacial score (nSPS) is 13.9. The van der Waals surface area contributed by atoms with Crippen molar-refractivity contribution in [2.24, 2.45) is 5.92 Å². The zero-order valence-corrected chi connectivity index (χ0v) is 16.1. The maximum Gasteiger partial charge on any atom is 0.258 e. The molecule has 1 atom stereocenters. The van der Waals surface area contributed by atoms with Crippen molar-refractivity contribution in [1.29, 1.82) is 5.26 Å². The zero-order chi connectivity index (χ0) is 19.9. The summed E-state index contributed by atoms with van der Waals surface area (Å²) in [6, 6.07) is 14.5. The summed E-state index contributed by atoms with van der Waals surface area (Å²) in [6.45, 7) is 5.17. The Morgan fingerprint density at radius 2 is 1.93 bits per heavy atom. The summed E-state index contributed by atoms with van der Waals surface area (Å²) >= 11 is 0. The van der Waals surface area contributed by atoms with E-state index in [1.807, 2.05) is 32.0 Å². The molecule has 0 aromatic heterocycles. The lowest BCUT2D eigenvalue weighted by molar-refractivity contribution is -0.124. The van der Waals surface area contributed by atoms with E-state index >= 15 is 0 Å². The molecule has 6 nitrogen and oxygen atoms in total. The Kier molecular flexibility index (Phi) is 6.38. The minimum Gasteiger partial charge on any atom is -0.490 e. The molecule has 6 heteroatoms.